The van der Waals surface area contributed by atoms with Gasteiger partial charge in [0.25, 0.3) is 5.69 Å². The Kier molecular flexibility index (Phi) is 4.36. The number of nitrogens with zero attached hydrogens (tertiary/aromatic N) is 1. The van der Waals surface area contributed by atoms with Crippen LogP contribution in [0.4, 0.5) is 15.8 Å². The molecule has 0 fully saturated rings. The third kappa shape index (κ3) is 3.27. The molecule has 0 spiro atoms. The van der Waals surface area contributed by atoms with Crippen LogP contribution in [-0.2, 0) is 4.79 Å². The Morgan fingerprint density at radius 1 is 1.67 bits per heavy atom. The van der Waals surface area contributed by atoms with Gasteiger partial charge in [-0.25, -0.2) is 9.18 Å². The van der Waals surface area contributed by atoms with E-state index in [1.165, 1.54) is 6.08 Å². The van der Waals surface area contributed by atoms with E-state index in [-0.39, 0.29) is 17.8 Å². The monoisotopic (exact) mass is 254 g/mol. The van der Waals surface area contributed by atoms with Crippen molar-refractivity contribution >= 4 is 17.3 Å². The van der Waals surface area contributed by atoms with E-state index >= 15 is 0 Å². The minimum atomic E-state index is -1.20. The van der Waals surface area contributed by atoms with Crippen LogP contribution in [0.3, 0.4) is 0 Å². The fraction of sp³-hybridized carbons (Fsp3) is 0.182. The molecule has 0 amide bonds. The van der Waals surface area contributed by atoms with Crippen molar-refractivity contribution in [2.75, 3.05) is 5.32 Å². The molecular formula is C11H11FN2O4. The SMILES string of the molecule is C=CCC(Nc1cc(F)ccc1[N+](=O)[O-])C(=O)O. The molecule has 0 saturated carbocycles. The summed E-state index contributed by atoms with van der Waals surface area (Å²) in [7, 11) is 0. The first-order chi connectivity index (χ1) is 8.45. The van der Waals surface area contributed by atoms with Crippen molar-refractivity contribution in [1.82, 2.24) is 0 Å². The van der Waals surface area contributed by atoms with Gasteiger partial charge in [-0.15, -0.1) is 6.58 Å². The number of nitro benzene ring substituents is 1. The van der Waals surface area contributed by atoms with Crippen LogP contribution < -0.4 is 5.32 Å². The Morgan fingerprint density at radius 3 is 2.83 bits per heavy atom. The molecule has 96 valence electrons. The van der Waals surface area contributed by atoms with E-state index in [1.807, 2.05) is 0 Å². The van der Waals surface area contributed by atoms with Crippen molar-refractivity contribution in [1.29, 1.82) is 0 Å². The zero-order chi connectivity index (χ0) is 13.7. The lowest BCUT2D eigenvalue weighted by molar-refractivity contribution is -0.384. The number of anilines is 1. The van der Waals surface area contributed by atoms with E-state index in [2.05, 4.69) is 11.9 Å². The summed E-state index contributed by atoms with van der Waals surface area (Å²) in [4.78, 5) is 20.9. The Hall–Kier alpha value is -2.44. The van der Waals surface area contributed by atoms with Gasteiger partial charge in [0.2, 0.25) is 0 Å². The first-order valence-electron chi connectivity index (χ1n) is 5.00. The fourth-order valence-electron chi connectivity index (χ4n) is 1.36. The predicted octanol–water partition coefficient (Wildman–Crippen LogP) is 2.18. The quantitative estimate of drug-likeness (QED) is 0.461. The number of carboxylic acid groups (broad SMARTS) is 1. The summed E-state index contributed by atoms with van der Waals surface area (Å²) in [5, 5.41) is 22.0. The molecule has 1 rings (SSSR count). The molecule has 0 aromatic heterocycles. The summed E-state index contributed by atoms with van der Waals surface area (Å²) in [6.45, 7) is 3.39. The van der Waals surface area contributed by atoms with Crippen molar-refractivity contribution < 1.29 is 19.2 Å². The summed E-state index contributed by atoms with van der Waals surface area (Å²) in [6, 6.07) is 1.71. The summed E-state index contributed by atoms with van der Waals surface area (Å²) in [5.74, 6) is -1.89. The van der Waals surface area contributed by atoms with Gasteiger partial charge < -0.3 is 10.4 Å². The highest BCUT2D eigenvalue weighted by Gasteiger charge is 2.21. The number of carbonyl (C=O) groups is 1. The van der Waals surface area contributed by atoms with Crippen LogP contribution in [0.15, 0.2) is 30.9 Å². The number of carboxylic acids is 1. The first kappa shape index (κ1) is 13.6. The molecule has 1 aromatic carbocycles. The Bertz CT molecular complexity index is 490. The molecule has 0 aliphatic heterocycles. The normalized spacial score (nSPS) is 11.6. The zero-order valence-corrected chi connectivity index (χ0v) is 9.30. The molecule has 0 aliphatic carbocycles. The van der Waals surface area contributed by atoms with E-state index in [9.17, 15) is 19.3 Å². The maximum absolute atomic E-state index is 13.0. The first-order valence-corrected chi connectivity index (χ1v) is 5.00. The summed E-state index contributed by atoms with van der Waals surface area (Å²) < 4.78 is 13.0. The average molecular weight is 254 g/mol. The largest absolute Gasteiger partial charge is 0.480 e. The standard InChI is InChI=1S/C11H11FN2O4/c1-2-3-8(11(15)16)13-9-6-7(12)4-5-10(9)14(17)18/h2,4-6,8,13H,1,3H2,(H,15,16). The number of nitro groups is 1. The predicted molar refractivity (Wildman–Crippen MR) is 62.9 cm³/mol. The number of nitrogens with one attached hydrogen (secondary N) is 1. The molecule has 1 atom stereocenters. The lowest BCUT2D eigenvalue weighted by atomic mass is 10.1. The van der Waals surface area contributed by atoms with Crippen molar-refractivity contribution in [3.05, 3.63) is 46.8 Å². The van der Waals surface area contributed by atoms with Gasteiger partial charge in [0, 0.05) is 12.1 Å². The second-order valence-electron chi connectivity index (χ2n) is 3.48. The highest BCUT2D eigenvalue weighted by molar-refractivity contribution is 5.79. The number of benzene rings is 1. The number of hydrogen-bond donors (Lipinski definition) is 2. The average Bonchev–Trinajstić information content (AvgIpc) is 2.28. The summed E-state index contributed by atoms with van der Waals surface area (Å²) in [6.07, 6.45) is 1.42. The lowest BCUT2D eigenvalue weighted by Crippen LogP contribution is -2.28. The molecule has 0 aliphatic rings. The van der Waals surface area contributed by atoms with Crippen LogP contribution in [0.25, 0.3) is 0 Å². The minimum absolute atomic E-state index is 0.0585. The van der Waals surface area contributed by atoms with E-state index < -0.39 is 22.8 Å². The van der Waals surface area contributed by atoms with Crippen molar-refractivity contribution in [3.8, 4) is 0 Å². The van der Waals surface area contributed by atoms with E-state index in [4.69, 9.17) is 5.11 Å². The lowest BCUT2D eigenvalue weighted by Gasteiger charge is -2.13. The molecule has 2 N–H and O–H groups in total. The van der Waals surface area contributed by atoms with Gasteiger partial charge >= 0.3 is 5.97 Å². The minimum Gasteiger partial charge on any atom is -0.480 e. The van der Waals surface area contributed by atoms with Crippen molar-refractivity contribution in [2.45, 2.75) is 12.5 Å². The molecular weight excluding hydrogens is 243 g/mol. The number of rotatable bonds is 6. The Morgan fingerprint density at radius 2 is 2.33 bits per heavy atom. The fourth-order valence-corrected chi connectivity index (χ4v) is 1.36. The molecule has 0 saturated heterocycles. The van der Waals surface area contributed by atoms with Gasteiger partial charge in [-0.2, -0.15) is 0 Å². The highest BCUT2D eigenvalue weighted by Crippen LogP contribution is 2.26. The van der Waals surface area contributed by atoms with E-state index in [0.29, 0.717) is 0 Å². The third-order valence-corrected chi connectivity index (χ3v) is 2.19. The van der Waals surface area contributed by atoms with Crippen molar-refractivity contribution in [3.63, 3.8) is 0 Å². The summed E-state index contributed by atoms with van der Waals surface area (Å²) >= 11 is 0. The molecule has 0 heterocycles. The second-order valence-corrected chi connectivity index (χ2v) is 3.48. The van der Waals surface area contributed by atoms with Crippen LogP contribution in [0.5, 0.6) is 0 Å². The van der Waals surface area contributed by atoms with Gasteiger partial charge in [-0.05, 0) is 12.5 Å². The van der Waals surface area contributed by atoms with E-state index in [0.717, 1.165) is 18.2 Å². The molecule has 0 radical (unpaired) electrons. The van der Waals surface area contributed by atoms with Gasteiger partial charge in [-0.1, -0.05) is 6.08 Å². The third-order valence-electron chi connectivity index (χ3n) is 2.19. The highest BCUT2D eigenvalue weighted by atomic mass is 19.1. The molecule has 18 heavy (non-hydrogen) atoms. The van der Waals surface area contributed by atoms with E-state index in [1.54, 1.807) is 0 Å². The van der Waals surface area contributed by atoms with Gasteiger partial charge in [0.1, 0.15) is 17.5 Å². The molecule has 7 heteroatoms. The Labute approximate surface area is 102 Å². The maximum Gasteiger partial charge on any atom is 0.326 e. The van der Waals surface area contributed by atoms with Gasteiger partial charge in [0.15, 0.2) is 0 Å². The smallest absolute Gasteiger partial charge is 0.326 e. The van der Waals surface area contributed by atoms with Gasteiger partial charge in [-0.3, -0.25) is 10.1 Å². The summed E-state index contributed by atoms with van der Waals surface area (Å²) in [5.41, 5.74) is -0.555. The number of aliphatic carboxylic acids is 1. The maximum atomic E-state index is 13.0. The number of halogens is 1. The molecule has 1 aromatic rings. The zero-order valence-electron chi connectivity index (χ0n) is 9.30. The Balaban J connectivity index is 3.07. The second kappa shape index (κ2) is 5.76. The van der Waals surface area contributed by atoms with Crippen LogP contribution in [-0.4, -0.2) is 22.0 Å². The van der Waals surface area contributed by atoms with Gasteiger partial charge in [0.05, 0.1) is 4.92 Å². The van der Waals surface area contributed by atoms with Crippen LogP contribution in [0.1, 0.15) is 6.42 Å². The topological polar surface area (TPSA) is 92.5 Å². The van der Waals surface area contributed by atoms with Crippen LogP contribution in [0, 0.1) is 15.9 Å². The van der Waals surface area contributed by atoms with Crippen molar-refractivity contribution in [2.24, 2.45) is 0 Å². The van der Waals surface area contributed by atoms with Crippen LogP contribution in [0.2, 0.25) is 0 Å². The molecule has 0 bridgehead atoms. The molecule has 1 unspecified atom stereocenters. The molecule has 6 nitrogen and oxygen atoms in total. The van der Waals surface area contributed by atoms with Crippen LogP contribution >= 0.6 is 0 Å². The number of hydrogen-bond acceptors (Lipinski definition) is 4.